The number of rotatable bonds is 6. The molecule has 7 heteroatoms. The highest BCUT2D eigenvalue weighted by Gasteiger charge is 2.30. The lowest BCUT2D eigenvalue weighted by Gasteiger charge is -2.25. The van der Waals surface area contributed by atoms with E-state index in [9.17, 15) is 12.8 Å². The molecule has 0 saturated carbocycles. The lowest BCUT2D eigenvalue weighted by Crippen LogP contribution is -2.37. The molecule has 1 aromatic carbocycles. The molecular weight excluding hydrogens is 303 g/mol. The van der Waals surface area contributed by atoms with Crippen molar-refractivity contribution in [2.24, 2.45) is 5.73 Å². The third-order valence-electron chi connectivity index (χ3n) is 2.77. The molecule has 1 aromatic rings. The van der Waals surface area contributed by atoms with E-state index in [1.54, 1.807) is 13.8 Å². The molecule has 0 spiro atoms. The number of hydrogen-bond acceptors (Lipinski definition) is 3. The Labute approximate surface area is 124 Å². The van der Waals surface area contributed by atoms with Crippen molar-refractivity contribution in [3.8, 4) is 0 Å². The van der Waals surface area contributed by atoms with Gasteiger partial charge in [0.2, 0.25) is 10.0 Å². The zero-order valence-corrected chi connectivity index (χ0v) is 13.0. The van der Waals surface area contributed by atoms with Gasteiger partial charge in [0.05, 0.1) is 0 Å². The fourth-order valence-electron chi connectivity index (χ4n) is 1.79. The van der Waals surface area contributed by atoms with Gasteiger partial charge in [0.15, 0.2) is 0 Å². The molecule has 0 radical (unpaired) electrons. The van der Waals surface area contributed by atoms with Gasteiger partial charge in [0, 0.05) is 29.7 Å². The van der Waals surface area contributed by atoms with Crippen LogP contribution in [-0.2, 0) is 16.6 Å². The first kappa shape index (κ1) is 17.1. The molecule has 4 nitrogen and oxygen atoms in total. The molecule has 0 atom stereocenters. The van der Waals surface area contributed by atoms with Crippen LogP contribution >= 0.6 is 11.6 Å². The molecule has 0 aliphatic carbocycles. The molecule has 0 aromatic heterocycles. The van der Waals surface area contributed by atoms with Gasteiger partial charge < -0.3 is 5.73 Å². The van der Waals surface area contributed by atoms with Crippen LogP contribution in [0.5, 0.6) is 0 Å². The molecule has 0 unspecified atom stereocenters. The summed E-state index contributed by atoms with van der Waals surface area (Å²) in [4.78, 5) is -0.457. The molecule has 20 heavy (non-hydrogen) atoms. The average molecular weight is 321 g/mol. The Kier molecular flexibility index (Phi) is 5.70. The first-order chi connectivity index (χ1) is 9.25. The SMILES string of the molecule is C=CCN(C(C)C)S(=O)(=O)c1cc(Cl)cc(CN)c1F. The monoisotopic (exact) mass is 320 g/mol. The molecule has 0 saturated heterocycles. The van der Waals surface area contributed by atoms with Gasteiger partial charge in [-0.1, -0.05) is 17.7 Å². The predicted octanol–water partition coefficient (Wildman–Crippen LogP) is 2.52. The van der Waals surface area contributed by atoms with Crippen molar-refractivity contribution in [1.29, 1.82) is 0 Å². The smallest absolute Gasteiger partial charge is 0.246 e. The Morgan fingerprint density at radius 3 is 2.55 bits per heavy atom. The molecule has 0 aliphatic rings. The summed E-state index contributed by atoms with van der Waals surface area (Å²) in [6, 6.07) is 2.09. The second kappa shape index (κ2) is 6.67. The maximum atomic E-state index is 14.2. The lowest BCUT2D eigenvalue weighted by atomic mass is 10.2. The fourth-order valence-corrected chi connectivity index (χ4v) is 3.84. The van der Waals surface area contributed by atoms with Crippen LogP contribution in [0, 0.1) is 5.82 Å². The zero-order chi connectivity index (χ0) is 15.5. The minimum absolute atomic E-state index is 0.0679. The van der Waals surface area contributed by atoms with E-state index in [1.165, 1.54) is 12.1 Å². The topological polar surface area (TPSA) is 63.4 Å². The Morgan fingerprint density at radius 1 is 1.50 bits per heavy atom. The van der Waals surface area contributed by atoms with Crippen molar-refractivity contribution < 1.29 is 12.8 Å². The highest BCUT2D eigenvalue weighted by Crippen LogP contribution is 2.27. The molecule has 2 N–H and O–H groups in total. The highest BCUT2D eigenvalue weighted by molar-refractivity contribution is 7.89. The van der Waals surface area contributed by atoms with Crippen LogP contribution in [0.4, 0.5) is 4.39 Å². The van der Waals surface area contributed by atoms with Crippen LogP contribution in [0.1, 0.15) is 19.4 Å². The largest absolute Gasteiger partial charge is 0.326 e. The van der Waals surface area contributed by atoms with Crippen LogP contribution in [-0.4, -0.2) is 25.3 Å². The van der Waals surface area contributed by atoms with Crippen molar-refractivity contribution in [2.45, 2.75) is 31.3 Å². The maximum Gasteiger partial charge on any atom is 0.246 e. The Hall–Kier alpha value is -0.950. The maximum absolute atomic E-state index is 14.2. The number of nitrogens with two attached hydrogens (primary N) is 1. The summed E-state index contributed by atoms with van der Waals surface area (Å²) in [6.07, 6.45) is 1.45. The predicted molar refractivity (Wildman–Crippen MR) is 78.5 cm³/mol. The molecule has 0 heterocycles. The number of sulfonamides is 1. The van der Waals surface area contributed by atoms with E-state index in [0.717, 1.165) is 10.4 Å². The highest BCUT2D eigenvalue weighted by atomic mass is 35.5. The number of halogens is 2. The van der Waals surface area contributed by atoms with Crippen molar-refractivity contribution >= 4 is 21.6 Å². The van der Waals surface area contributed by atoms with E-state index in [4.69, 9.17) is 17.3 Å². The molecule has 0 amide bonds. The van der Waals surface area contributed by atoms with Gasteiger partial charge in [0.1, 0.15) is 10.7 Å². The molecule has 0 aliphatic heterocycles. The second-order valence-corrected chi connectivity index (χ2v) is 6.83. The summed E-state index contributed by atoms with van der Waals surface area (Å²) in [6.45, 7) is 6.88. The number of nitrogens with zero attached hydrogens (tertiary/aromatic N) is 1. The van der Waals surface area contributed by atoms with Crippen LogP contribution in [0.2, 0.25) is 5.02 Å². The van der Waals surface area contributed by atoms with Gasteiger partial charge >= 0.3 is 0 Å². The molecule has 112 valence electrons. The summed E-state index contributed by atoms with van der Waals surface area (Å²) in [5.74, 6) is -0.855. The first-order valence-corrected chi connectivity index (χ1v) is 7.88. The molecule has 0 bridgehead atoms. The summed E-state index contributed by atoms with van der Waals surface area (Å²) < 4.78 is 40.5. The normalized spacial score (nSPS) is 12.2. The minimum atomic E-state index is -4.00. The van der Waals surface area contributed by atoms with Crippen molar-refractivity contribution in [3.63, 3.8) is 0 Å². The van der Waals surface area contributed by atoms with E-state index in [1.807, 2.05) is 0 Å². The van der Waals surface area contributed by atoms with Crippen molar-refractivity contribution in [1.82, 2.24) is 4.31 Å². The van der Waals surface area contributed by atoms with Gasteiger partial charge in [-0.2, -0.15) is 4.31 Å². The lowest BCUT2D eigenvalue weighted by molar-refractivity contribution is 0.380. The minimum Gasteiger partial charge on any atom is -0.326 e. The molecule has 1 rings (SSSR count). The van der Waals surface area contributed by atoms with E-state index in [2.05, 4.69) is 6.58 Å². The third kappa shape index (κ3) is 3.38. The van der Waals surface area contributed by atoms with Gasteiger partial charge in [-0.05, 0) is 26.0 Å². The molecule has 0 fully saturated rings. The van der Waals surface area contributed by atoms with E-state index in [0.29, 0.717) is 0 Å². The quantitative estimate of drug-likeness (QED) is 0.819. The Morgan fingerprint density at radius 2 is 2.10 bits per heavy atom. The van der Waals surface area contributed by atoms with Crippen molar-refractivity contribution in [3.05, 3.63) is 41.2 Å². The second-order valence-electron chi connectivity index (χ2n) is 4.54. The van der Waals surface area contributed by atoms with Crippen LogP contribution in [0.3, 0.4) is 0 Å². The fraction of sp³-hybridized carbons (Fsp3) is 0.385. The summed E-state index contributed by atoms with van der Waals surface area (Å²) in [5.41, 5.74) is 5.47. The summed E-state index contributed by atoms with van der Waals surface area (Å²) in [7, 11) is -4.00. The van der Waals surface area contributed by atoms with Gasteiger partial charge in [0.25, 0.3) is 0 Å². The van der Waals surface area contributed by atoms with Gasteiger partial charge in [-0.3, -0.25) is 0 Å². The average Bonchev–Trinajstić information content (AvgIpc) is 2.37. The van der Waals surface area contributed by atoms with Crippen LogP contribution in [0.15, 0.2) is 29.7 Å². The zero-order valence-electron chi connectivity index (χ0n) is 11.4. The van der Waals surface area contributed by atoms with Crippen LogP contribution < -0.4 is 5.73 Å². The van der Waals surface area contributed by atoms with Crippen LogP contribution in [0.25, 0.3) is 0 Å². The first-order valence-electron chi connectivity index (χ1n) is 6.06. The third-order valence-corrected chi connectivity index (χ3v) is 5.03. The van der Waals surface area contributed by atoms with E-state index < -0.39 is 20.7 Å². The van der Waals surface area contributed by atoms with E-state index in [-0.39, 0.29) is 29.7 Å². The Balaban J connectivity index is 3.48. The molecular formula is C13H18ClFN2O2S. The van der Waals surface area contributed by atoms with Crippen molar-refractivity contribution in [2.75, 3.05) is 6.54 Å². The summed E-state index contributed by atoms with van der Waals surface area (Å²) >= 11 is 5.84. The number of benzene rings is 1. The number of hydrogen-bond donors (Lipinski definition) is 1. The summed E-state index contributed by atoms with van der Waals surface area (Å²) in [5, 5.41) is 0.132. The van der Waals surface area contributed by atoms with Gasteiger partial charge in [-0.15, -0.1) is 6.58 Å². The Bertz CT molecular complexity index is 603. The van der Waals surface area contributed by atoms with Gasteiger partial charge in [-0.25, -0.2) is 12.8 Å². The van der Waals surface area contributed by atoms with E-state index >= 15 is 0 Å². The standard InChI is InChI=1S/C13H18ClFN2O2S/c1-4-5-17(9(2)3)20(18,19)12-7-11(14)6-10(8-16)13(12)15/h4,6-7,9H,1,5,8,16H2,2-3H3.